The Hall–Kier alpha value is -2.94. The maximum Gasteiger partial charge on any atom is 0.420 e. The molecule has 4 heterocycles. The minimum atomic E-state index is -0.509. The molecule has 3 aromatic rings. The molecule has 1 saturated heterocycles. The van der Waals surface area contributed by atoms with Crippen molar-refractivity contribution in [2.75, 3.05) is 26.3 Å². The summed E-state index contributed by atoms with van der Waals surface area (Å²) in [6.07, 6.45) is 2.58. The average Bonchev–Trinajstić information content (AvgIpc) is 3.23. The van der Waals surface area contributed by atoms with Crippen LogP contribution in [0.3, 0.4) is 0 Å². The van der Waals surface area contributed by atoms with E-state index in [0.29, 0.717) is 43.1 Å². The Balaban J connectivity index is 1.28. The second kappa shape index (κ2) is 7.47. The molecule has 152 valence electrons. The fraction of sp³-hybridized carbons (Fsp3) is 0.500. The van der Waals surface area contributed by atoms with Crippen LogP contribution in [0.1, 0.15) is 30.4 Å². The van der Waals surface area contributed by atoms with Gasteiger partial charge in [-0.3, -0.25) is 9.36 Å². The van der Waals surface area contributed by atoms with E-state index in [-0.39, 0.29) is 12.5 Å². The van der Waals surface area contributed by atoms with Crippen molar-refractivity contribution < 1.29 is 13.9 Å². The first-order valence-electron chi connectivity index (χ1n) is 10.1. The first-order chi connectivity index (χ1) is 14.2. The molecule has 0 unspecified atom stereocenters. The number of rotatable bonds is 3. The van der Waals surface area contributed by atoms with Gasteiger partial charge in [0.2, 0.25) is 5.91 Å². The molecule has 9 nitrogen and oxygen atoms in total. The van der Waals surface area contributed by atoms with Gasteiger partial charge in [-0.1, -0.05) is 12.1 Å². The van der Waals surface area contributed by atoms with Crippen LogP contribution in [0.5, 0.6) is 0 Å². The zero-order valence-electron chi connectivity index (χ0n) is 16.1. The molecule has 5 rings (SSSR count). The zero-order valence-corrected chi connectivity index (χ0v) is 16.1. The Bertz CT molecular complexity index is 1070. The third kappa shape index (κ3) is 3.46. The fourth-order valence-electron chi connectivity index (χ4n) is 4.10. The van der Waals surface area contributed by atoms with Gasteiger partial charge in [-0.15, -0.1) is 0 Å². The van der Waals surface area contributed by atoms with Crippen molar-refractivity contribution >= 4 is 17.0 Å². The number of ether oxygens (including phenoxy) is 1. The predicted octanol–water partition coefficient (Wildman–Crippen LogP) is 1.16. The molecule has 1 amide bonds. The first kappa shape index (κ1) is 18.1. The molecule has 0 aliphatic carbocycles. The van der Waals surface area contributed by atoms with Gasteiger partial charge in [-0.2, -0.15) is 5.10 Å². The molecule has 1 fully saturated rings. The second-order valence-electron chi connectivity index (χ2n) is 7.55. The number of para-hydroxylation sites is 2. The Kier molecular flexibility index (Phi) is 4.67. The van der Waals surface area contributed by atoms with E-state index in [1.54, 1.807) is 23.1 Å². The van der Waals surface area contributed by atoms with Gasteiger partial charge >= 0.3 is 5.76 Å². The Labute approximate surface area is 166 Å². The van der Waals surface area contributed by atoms with Gasteiger partial charge in [0.1, 0.15) is 12.4 Å². The van der Waals surface area contributed by atoms with Crippen molar-refractivity contribution in [1.29, 1.82) is 0 Å². The maximum absolute atomic E-state index is 12.9. The molecule has 0 bridgehead atoms. The Morgan fingerprint density at radius 2 is 1.97 bits per heavy atom. The molecule has 29 heavy (non-hydrogen) atoms. The lowest BCUT2D eigenvalue weighted by Gasteiger charge is -2.20. The number of nitrogens with zero attached hydrogens (tertiary/aromatic N) is 5. The number of oxazole rings is 1. The van der Waals surface area contributed by atoms with E-state index in [1.165, 1.54) is 4.57 Å². The number of amides is 1. The highest BCUT2D eigenvalue weighted by molar-refractivity contribution is 5.79. The lowest BCUT2D eigenvalue weighted by atomic mass is 10.00. The number of benzene rings is 1. The standard InChI is InChI=1S/C20H23N5O4/c26-18(13-24-15-3-1-2-4-16(15)29-20(24)27)23-8-5-17-21-19(22-25(17)10-9-23)14-6-11-28-12-7-14/h1-4,14H,5-13H2. The normalized spacial score (nSPS) is 18.0. The number of carbonyl (C=O) groups is 1. The molecule has 0 spiro atoms. The van der Waals surface area contributed by atoms with Crippen LogP contribution >= 0.6 is 0 Å². The Morgan fingerprint density at radius 3 is 2.83 bits per heavy atom. The largest absolute Gasteiger partial charge is 0.420 e. The number of carbonyl (C=O) groups excluding carboxylic acids is 1. The highest BCUT2D eigenvalue weighted by Gasteiger charge is 2.25. The van der Waals surface area contributed by atoms with Crippen LogP contribution in [0.2, 0.25) is 0 Å². The van der Waals surface area contributed by atoms with E-state index in [2.05, 4.69) is 0 Å². The summed E-state index contributed by atoms with van der Waals surface area (Å²) in [7, 11) is 0. The Morgan fingerprint density at radius 1 is 1.14 bits per heavy atom. The van der Waals surface area contributed by atoms with Crippen LogP contribution in [-0.4, -0.2) is 56.4 Å². The third-order valence-corrected chi connectivity index (χ3v) is 5.76. The molecular weight excluding hydrogens is 374 g/mol. The average molecular weight is 397 g/mol. The first-order valence-corrected chi connectivity index (χ1v) is 10.1. The van der Waals surface area contributed by atoms with Gasteiger partial charge < -0.3 is 14.1 Å². The van der Waals surface area contributed by atoms with Crippen molar-refractivity contribution in [2.24, 2.45) is 0 Å². The van der Waals surface area contributed by atoms with Crippen LogP contribution in [0.4, 0.5) is 0 Å². The second-order valence-corrected chi connectivity index (χ2v) is 7.55. The van der Waals surface area contributed by atoms with E-state index in [4.69, 9.17) is 19.2 Å². The molecule has 2 aliphatic rings. The van der Waals surface area contributed by atoms with Crippen LogP contribution in [0.15, 0.2) is 33.5 Å². The summed E-state index contributed by atoms with van der Waals surface area (Å²) in [5.74, 6) is 1.58. The van der Waals surface area contributed by atoms with Crippen molar-refractivity contribution in [3.05, 3.63) is 46.5 Å². The highest BCUT2D eigenvalue weighted by Crippen LogP contribution is 2.25. The quantitative estimate of drug-likeness (QED) is 0.658. The number of aromatic nitrogens is 4. The molecular formula is C20H23N5O4. The molecule has 2 aromatic heterocycles. The molecule has 1 aromatic carbocycles. The minimum absolute atomic E-state index is 0.0289. The van der Waals surface area contributed by atoms with Gasteiger partial charge in [0.15, 0.2) is 11.4 Å². The van der Waals surface area contributed by atoms with Crippen LogP contribution in [-0.2, 0) is 29.0 Å². The summed E-state index contributed by atoms with van der Waals surface area (Å²) in [5, 5.41) is 4.70. The van der Waals surface area contributed by atoms with E-state index in [0.717, 1.165) is 37.7 Å². The molecule has 2 aliphatic heterocycles. The summed E-state index contributed by atoms with van der Waals surface area (Å²) in [5.41, 5.74) is 1.13. The van der Waals surface area contributed by atoms with Crippen molar-refractivity contribution in [3.63, 3.8) is 0 Å². The monoisotopic (exact) mass is 397 g/mol. The molecule has 0 atom stereocenters. The van der Waals surface area contributed by atoms with Crippen molar-refractivity contribution in [1.82, 2.24) is 24.2 Å². The highest BCUT2D eigenvalue weighted by atomic mass is 16.5. The lowest BCUT2D eigenvalue weighted by molar-refractivity contribution is -0.131. The molecule has 0 radical (unpaired) electrons. The van der Waals surface area contributed by atoms with E-state index >= 15 is 0 Å². The lowest BCUT2D eigenvalue weighted by Crippen LogP contribution is -2.37. The van der Waals surface area contributed by atoms with Gasteiger partial charge in [0.05, 0.1) is 12.1 Å². The predicted molar refractivity (Wildman–Crippen MR) is 104 cm³/mol. The molecule has 0 saturated carbocycles. The van der Waals surface area contributed by atoms with Crippen LogP contribution in [0, 0.1) is 0 Å². The third-order valence-electron chi connectivity index (χ3n) is 5.76. The molecule has 0 N–H and O–H groups in total. The zero-order chi connectivity index (χ0) is 19.8. The van der Waals surface area contributed by atoms with Crippen molar-refractivity contribution in [2.45, 2.75) is 38.3 Å². The van der Waals surface area contributed by atoms with Crippen molar-refractivity contribution in [3.8, 4) is 0 Å². The van der Waals surface area contributed by atoms with Gasteiger partial charge in [0.25, 0.3) is 0 Å². The maximum atomic E-state index is 12.9. The molecule has 9 heteroatoms. The summed E-state index contributed by atoms with van der Waals surface area (Å²) >= 11 is 0. The minimum Gasteiger partial charge on any atom is -0.408 e. The van der Waals surface area contributed by atoms with Gasteiger partial charge in [-0.25, -0.2) is 14.5 Å². The summed E-state index contributed by atoms with van der Waals surface area (Å²) in [4.78, 5) is 31.5. The summed E-state index contributed by atoms with van der Waals surface area (Å²) < 4.78 is 14.0. The SMILES string of the molecule is O=C(Cn1c(=O)oc2ccccc21)N1CCc2nc(C3CCOCC3)nn2CC1. The summed E-state index contributed by atoms with van der Waals surface area (Å²) in [6, 6.07) is 7.14. The number of hydrogen-bond donors (Lipinski definition) is 0. The van der Waals surface area contributed by atoms with Crippen LogP contribution < -0.4 is 5.76 Å². The summed E-state index contributed by atoms with van der Waals surface area (Å²) in [6.45, 7) is 3.22. The fourth-order valence-corrected chi connectivity index (χ4v) is 4.10. The van der Waals surface area contributed by atoms with E-state index in [9.17, 15) is 9.59 Å². The number of hydrogen-bond acceptors (Lipinski definition) is 6. The van der Waals surface area contributed by atoms with Gasteiger partial charge in [-0.05, 0) is 25.0 Å². The number of fused-ring (bicyclic) bond motifs is 2. The topological polar surface area (TPSA) is 95.4 Å². The van der Waals surface area contributed by atoms with Crippen LogP contribution in [0.25, 0.3) is 11.1 Å². The smallest absolute Gasteiger partial charge is 0.408 e. The van der Waals surface area contributed by atoms with E-state index < -0.39 is 5.76 Å². The van der Waals surface area contributed by atoms with E-state index in [1.807, 2.05) is 10.7 Å². The van der Waals surface area contributed by atoms with Gasteiger partial charge in [0, 0.05) is 38.6 Å².